The van der Waals surface area contributed by atoms with Crippen molar-refractivity contribution in [1.82, 2.24) is 0 Å². The molecule has 6 heteroatoms. The minimum absolute atomic E-state index is 0.00206. The highest BCUT2D eigenvalue weighted by Crippen LogP contribution is 2.43. The third kappa shape index (κ3) is 5.99. The number of hydrogen-bond donors (Lipinski definition) is 0. The van der Waals surface area contributed by atoms with Crippen LogP contribution in [-0.2, 0) is 4.74 Å². The molecule has 0 fully saturated rings. The van der Waals surface area contributed by atoms with Crippen molar-refractivity contribution in [2.75, 3.05) is 13.9 Å². The van der Waals surface area contributed by atoms with E-state index >= 15 is 0 Å². The van der Waals surface area contributed by atoms with Gasteiger partial charge in [0.2, 0.25) is 0 Å². The summed E-state index contributed by atoms with van der Waals surface area (Å²) in [5, 5.41) is 0. The number of benzene rings is 2. The van der Waals surface area contributed by atoms with Crippen LogP contribution in [0.25, 0.3) is 0 Å². The van der Waals surface area contributed by atoms with Crippen LogP contribution in [0.2, 0.25) is 16.6 Å². The summed E-state index contributed by atoms with van der Waals surface area (Å²) in [7, 11) is -0.432. The van der Waals surface area contributed by atoms with Crippen LogP contribution in [0.1, 0.15) is 62.3 Å². The zero-order valence-corrected chi connectivity index (χ0v) is 22.2. The van der Waals surface area contributed by atoms with Crippen molar-refractivity contribution in [3.8, 4) is 11.5 Å². The van der Waals surface area contributed by atoms with Gasteiger partial charge >= 0.3 is 0 Å². The smallest absolute Gasteiger partial charge is 0.258 e. The van der Waals surface area contributed by atoms with Crippen LogP contribution in [0.3, 0.4) is 0 Å². The maximum atomic E-state index is 12.9. The van der Waals surface area contributed by atoms with E-state index in [-0.39, 0.29) is 12.6 Å². The van der Waals surface area contributed by atoms with E-state index in [4.69, 9.17) is 13.9 Å². The van der Waals surface area contributed by atoms with E-state index in [0.717, 1.165) is 11.3 Å². The third-order valence-corrected chi connectivity index (χ3v) is 12.8. The zero-order chi connectivity index (χ0) is 23.2. The first-order valence-electron chi connectivity index (χ1n) is 10.8. The van der Waals surface area contributed by atoms with Gasteiger partial charge in [-0.15, -0.1) is 0 Å². The first-order chi connectivity index (χ1) is 14.6. The zero-order valence-electron chi connectivity index (χ0n) is 19.6. The Morgan fingerprint density at radius 2 is 1.32 bits per heavy atom. The molecule has 0 bridgehead atoms. The number of hydrogen-bond acceptors (Lipinski definition) is 4. The number of carbonyl (C=O) groups excluding carboxylic acids is 1. The number of ketones is 1. The lowest BCUT2D eigenvalue weighted by Gasteiger charge is -2.42. The van der Waals surface area contributed by atoms with Crippen molar-refractivity contribution in [3.05, 3.63) is 59.7 Å². The van der Waals surface area contributed by atoms with E-state index in [2.05, 4.69) is 57.5 Å². The highest BCUT2D eigenvalue weighted by atomic mass is 79.9. The fourth-order valence-electron chi connectivity index (χ4n) is 4.40. The molecule has 2 aromatic rings. The monoisotopic (exact) mass is 506 g/mol. The molecule has 0 N–H and O–H groups in total. The lowest BCUT2D eigenvalue weighted by atomic mass is 10.0. The highest BCUT2D eigenvalue weighted by Gasteiger charge is 2.46. The van der Waals surface area contributed by atoms with Crippen LogP contribution in [0.15, 0.2) is 48.5 Å². The first kappa shape index (κ1) is 25.6. The van der Waals surface area contributed by atoms with Crippen LogP contribution in [0.4, 0.5) is 0 Å². The van der Waals surface area contributed by atoms with Crippen LogP contribution in [0, 0.1) is 0 Å². The second-order valence-electron chi connectivity index (χ2n) is 8.79. The van der Waals surface area contributed by atoms with Gasteiger partial charge in [-0.2, -0.15) is 0 Å². The summed E-state index contributed by atoms with van der Waals surface area (Å²) in [6.45, 7) is 13.8. The van der Waals surface area contributed by atoms with Crippen molar-refractivity contribution in [1.29, 1.82) is 0 Å². The Kier molecular flexibility index (Phi) is 9.34. The quantitative estimate of drug-likeness (QED) is 0.136. The maximum absolute atomic E-state index is 12.9. The largest absolute Gasteiger partial charge is 0.543 e. The molecule has 4 nitrogen and oxygen atoms in total. The van der Waals surface area contributed by atoms with Crippen LogP contribution in [0.5, 0.6) is 11.5 Å². The summed E-state index contributed by atoms with van der Waals surface area (Å²) in [6.07, 6.45) is 0. The molecule has 0 aliphatic carbocycles. The second kappa shape index (κ2) is 11.3. The Hall–Kier alpha value is -1.63. The van der Waals surface area contributed by atoms with Gasteiger partial charge in [-0.1, -0.05) is 69.6 Å². The van der Waals surface area contributed by atoms with Gasteiger partial charge in [-0.25, -0.2) is 0 Å². The van der Waals surface area contributed by atoms with Gasteiger partial charge in [0.25, 0.3) is 8.32 Å². The molecule has 0 aliphatic rings. The van der Waals surface area contributed by atoms with E-state index in [1.165, 1.54) is 0 Å². The summed E-state index contributed by atoms with van der Waals surface area (Å²) >= 11 is 3.57. The number of ether oxygens (including phenoxy) is 2. The van der Waals surface area contributed by atoms with Crippen LogP contribution >= 0.6 is 15.9 Å². The van der Waals surface area contributed by atoms with Crippen LogP contribution < -0.4 is 9.16 Å². The number of halogens is 1. The molecule has 0 radical (unpaired) electrons. The third-order valence-electron chi connectivity index (χ3n) is 5.89. The number of carbonyl (C=O) groups is 1. The van der Waals surface area contributed by atoms with Crippen molar-refractivity contribution in [2.45, 2.75) is 63.0 Å². The van der Waals surface area contributed by atoms with E-state index < -0.39 is 13.1 Å². The fraction of sp³-hybridized carbons (Fsp3) is 0.480. The standard InChI is InChI=1S/C25H35BrO4Si/c1-17(2)31(18(3)4,19(5)6)30-23-14-8-20(9-15-23)24(26)25(27)21-10-12-22(13-11-21)29-16-28-7/h8-15,17-19,24H,16H2,1-7H3. The van der Waals surface area contributed by atoms with E-state index in [0.29, 0.717) is 27.9 Å². The van der Waals surface area contributed by atoms with Gasteiger partial charge in [-0.3, -0.25) is 4.79 Å². The molecular weight excluding hydrogens is 472 g/mol. The summed E-state index contributed by atoms with van der Waals surface area (Å²) in [5.74, 6) is 1.56. The fourth-order valence-corrected chi connectivity index (χ4v) is 10.2. The molecule has 1 atom stereocenters. The maximum Gasteiger partial charge on any atom is 0.258 e. The molecule has 170 valence electrons. The summed E-state index contributed by atoms with van der Waals surface area (Å²) in [6, 6.07) is 15.0. The number of alkyl halides is 1. The summed E-state index contributed by atoms with van der Waals surface area (Å²) in [5.41, 5.74) is 3.05. The average Bonchev–Trinajstić information content (AvgIpc) is 2.75. The molecule has 31 heavy (non-hydrogen) atoms. The molecular formula is C25H35BrO4Si. The molecule has 0 aromatic heterocycles. The van der Waals surface area contributed by atoms with E-state index in [9.17, 15) is 4.79 Å². The van der Waals surface area contributed by atoms with Gasteiger partial charge in [0.1, 0.15) is 16.3 Å². The molecule has 0 aliphatic heterocycles. The van der Waals surface area contributed by atoms with Gasteiger partial charge in [0, 0.05) is 12.7 Å². The topological polar surface area (TPSA) is 44.8 Å². The Morgan fingerprint density at radius 3 is 1.77 bits per heavy atom. The normalized spacial score (nSPS) is 13.0. The van der Waals surface area contributed by atoms with Crippen molar-refractivity contribution >= 4 is 30.0 Å². The molecule has 2 aromatic carbocycles. The van der Waals surface area contributed by atoms with Crippen molar-refractivity contribution < 1.29 is 18.7 Å². The molecule has 0 spiro atoms. The average molecular weight is 508 g/mol. The Labute approximate surface area is 196 Å². The number of Topliss-reactive ketones (excluding diaryl/α,β-unsaturated/α-hetero) is 1. The van der Waals surface area contributed by atoms with Crippen molar-refractivity contribution in [3.63, 3.8) is 0 Å². The minimum atomic E-state index is -2.00. The predicted octanol–water partition coefficient (Wildman–Crippen LogP) is 7.54. The van der Waals surface area contributed by atoms with Crippen LogP contribution in [-0.4, -0.2) is 28.0 Å². The van der Waals surface area contributed by atoms with Gasteiger partial charge < -0.3 is 13.9 Å². The summed E-state index contributed by atoms with van der Waals surface area (Å²) < 4.78 is 17.0. The lowest BCUT2D eigenvalue weighted by molar-refractivity contribution is 0.0511. The molecule has 2 rings (SSSR count). The van der Waals surface area contributed by atoms with Crippen molar-refractivity contribution in [2.24, 2.45) is 0 Å². The predicted molar refractivity (Wildman–Crippen MR) is 133 cm³/mol. The van der Waals surface area contributed by atoms with Gasteiger partial charge in [0.15, 0.2) is 12.6 Å². The summed E-state index contributed by atoms with van der Waals surface area (Å²) in [4.78, 5) is 12.5. The SMILES string of the molecule is COCOc1ccc(C(=O)C(Br)c2ccc(O[Si](C(C)C)(C(C)C)C(C)C)cc2)cc1. The highest BCUT2D eigenvalue weighted by molar-refractivity contribution is 9.09. The molecule has 1 unspecified atom stereocenters. The lowest BCUT2D eigenvalue weighted by Crippen LogP contribution is -2.50. The Balaban J connectivity index is 2.15. The first-order valence-corrected chi connectivity index (χ1v) is 13.9. The molecule has 0 saturated carbocycles. The minimum Gasteiger partial charge on any atom is -0.543 e. The van der Waals surface area contributed by atoms with Gasteiger partial charge in [-0.05, 0) is 58.6 Å². The van der Waals surface area contributed by atoms with Gasteiger partial charge in [0.05, 0.1) is 0 Å². The molecule has 0 saturated heterocycles. The van der Waals surface area contributed by atoms with E-state index in [1.807, 2.05) is 24.3 Å². The van der Waals surface area contributed by atoms with E-state index in [1.54, 1.807) is 31.4 Å². The second-order valence-corrected chi connectivity index (χ2v) is 15.1. The molecule has 0 amide bonds. The number of methoxy groups -OCH3 is 1. The Morgan fingerprint density at radius 1 is 0.839 bits per heavy atom. The Bertz CT molecular complexity index is 810. The molecule has 0 heterocycles. The number of rotatable bonds is 11.